The van der Waals surface area contributed by atoms with Crippen LogP contribution in [0, 0.1) is 5.92 Å². The molecule has 0 radical (unpaired) electrons. The smallest absolute Gasteiger partial charge is 0.333 e. The Kier molecular flexibility index (Phi) is 2.27. The molecule has 3 nitrogen and oxygen atoms in total. The first-order valence-electron chi connectivity index (χ1n) is 3.60. The van der Waals surface area contributed by atoms with Crippen molar-refractivity contribution >= 4 is 5.97 Å². The summed E-state index contributed by atoms with van der Waals surface area (Å²) in [4.78, 5) is 10.4. The van der Waals surface area contributed by atoms with E-state index in [1.165, 1.54) is 0 Å². The zero-order valence-corrected chi connectivity index (χ0v) is 6.04. The van der Waals surface area contributed by atoms with Crippen LogP contribution < -0.4 is 0 Å². The molecule has 1 rings (SSSR count). The average molecular weight is 144 g/mol. The van der Waals surface area contributed by atoms with Gasteiger partial charge < -0.3 is 9.84 Å². The van der Waals surface area contributed by atoms with Gasteiger partial charge >= 0.3 is 5.97 Å². The first kappa shape index (κ1) is 7.54. The summed E-state index contributed by atoms with van der Waals surface area (Å²) in [5.41, 5.74) is 0. The van der Waals surface area contributed by atoms with Crippen LogP contribution in [0.15, 0.2) is 0 Å². The molecule has 0 aliphatic heterocycles. The van der Waals surface area contributed by atoms with Gasteiger partial charge in [-0.2, -0.15) is 0 Å². The van der Waals surface area contributed by atoms with Crippen LogP contribution in [0.4, 0.5) is 0 Å². The van der Waals surface area contributed by atoms with Crippen molar-refractivity contribution in [2.45, 2.75) is 25.9 Å². The van der Waals surface area contributed by atoms with Gasteiger partial charge in [0.1, 0.15) is 0 Å². The number of carbonyl (C=O) groups is 1. The second-order valence-electron chi connectivity index (χ2n) is 2.55. The Balaban J connectivity index is 2.34. The largest absolute Gasteiger partial charge is 0.479 e. The summed E-state index contributed by atoms with van der Waals surface area (Å²) >= 11 is 0. The van der Waals surface area contributed by atoms with E-state index in [0.29, 0.717) is 6.61 Å². The molecule has 0 aromatic heterocycles. The van der Waals surface area contributed by atoms with Crippen molar-refractivity contribution in [3.8, 4) is 0 Å². The lowest BCUT2D eigenvalue weighted by atomic mass is 10.2. The highest BCUT2D eigenvalue weighted by Gasteiger charge is 2.36. The first-order valence-corrected chi connectivity index (χ1v) is 3.60. The lowest BCUT2D eigenvalue weighted by Gasteiger charge is -2.09. The molecule has 0 unspecified atom stereocenters. The third-order valence-electron chi connectivity index (χ3n) is 1.64. The van der Waals surface area contributed by atoms with Gasteiger partial charge in [0.25, 0.3) is 0 Å². The molecule has 0 amide bonds. The monoisotopic (exact) mass is 144 g/mol. The second-order valence-corrected chi connectivity index (χ2v) is 2.55. The third-order valence-corrected chi connectivity index (χ3v) is 1.64. The molecule has 0 aromatic rings. The van der Waals surface area contributed by atoms with E-state index >= 15 is 0 Å². The summed E-state index contributed by atoms with van der Waals surface area (Å²) in [6.45, 7) is 2.31. The summed E-state index contributed by atoms with van der Waals surface area (Å²) < 4.78 is 5.03. The van der Waals surface area contributed by atoms with Crippen molar-refractivity contribution < 1.29 is 14.6 Å². The van der Waals surface area contributed by atoms with Crippen LogP contribution in [-0.2, 0) is 9.53 Å². The van der Waals surface area contributed by atoms with Crippen LogP contribution in [0.2, 0.25) is 0 Å². The van der Waals surface area contributed by atoms with Crippen molar-refractivity contribution in [2.75, 3.05) is 6.61 Å². The fourth-order valence-corrected chi connectivity index (χ4v) is 0.988. The van der Waals surface area contributed by atoms with E-state index in [4.69, 9.17) is 9.84 Å². The summed E-state index contributed by atoms with van der Waals surface area (Å²) in [5.74, 6) is -0.526. The molecule has 1 aliphatic rings. The maximum Gasteiger partial charge on any atom is 0.333 e. The van der Waals surface area contributed by atoms with Crippen LogP contribution in [0.3, 0.4) is 0 Å². The van der Waals surface area contributed by atoms with Crippen molar-refractivity contribution in [3.63, 3.8) is 0 Å². The number of carboxylic acid groups (broad SMARTS) is 1. The Hall–Kier alpha value is -0.570. The average Bonchev–Trinajstić information content (AvgIpc) is 2.63. The molecule has 0 aromatic carbocycles. The third kappa shape index (κ3) is 1.70. The van der Waals surface area contributed by atoms with Crippen LogP contribution in [-0.4, -0.2) is 23.8 Å². The van der Waals surface area contributed by atoms with Gasteiger partial charge in [0.05, 0.1) is 0 Å². The minimum absolute atomic E-state index is 0.289. The summed E-state index contributed by atoms with van der Waals surface area (Å²) in [7, 11) is 0. The Labute approximate surface area is 60.0 Å². The Bertz CT molecular complexity index is 129. The zero-order chi connectivity index (χ0) is 7.56. The molecule has 1 N–H and O–H groups in total. The van der Waals surface area contributed by atoms with Crippen LogP contribution in [0.5, 0.6) is 0 Å². The maximum atomic E-state index is 10.4. The molecule has 58 valence electrons. The highest BCUT2D eigenvalue weighted by Crippen LogP contribution is 2.34. The summed E-state index contributed by atoms with van der Waals surface area (Å²) in [5, 5.41) is 8.59. The molecule has 1 saturated carbocycles. The fraction of sp³-hybridized carbons (Fsp3) is 0.857. The van der Waals surface area contributed by atoms with Crippen LogP contribution >= 0.6 is 0 Å². The maximum absolute atomic E-state index is 10.4. The molecule has 10 heavy (non-hydrogen) atoms. The van der Waals surface area contributed by atoms with Gasteiger partial charge in [-0.25, -0.2) is 4.79 Å². The van der Waals surface area contributed by atoms with Crippen molar-refractivity contribution in [3.05, 3.63) is 0 Å². The molecule has 0 saturated heterocycles. The molecule has 0 heterocycles. The van der Waals surface area contributed by atoms with E-state index in [2.05, 4.69) is 0 Å². The molecule has 0 spiro atoms. The summed E-state index contributed by atoms with van der Waals surface area (Å²) in [6.07, 6.45) is 1.48. The van der Waals surface area contributed by atoms with Crippen molar-refractivity contribution in [2.24, 2.45) is 5.92 Å². The summed E-state index contributed by atoms with van der Waals surface area (Å²) in [6, 6.07) is 0. The highest BCUT2D eigenvalue weighted by molar-refractivity contribution is 5.73. The van der Waals surface area contributed by atoms with Crippen LogP contribution in [0.1, 0.15) is 19.8 Å². The van der Waals surface area contributed by atoms with E-state index in [9.17, 15) is 4.79 Å². The van der Waals surface area contributed by atoms with Crippen LogP contribution in [0.25, 0.3) is 0 Å². The normalized spacial score (nSPS) is 20.5. The number of hydrogen-bond acceptors (Lipinski definition) is 2. The fourth-order valence-electron chi connectivity index (χ4n) is 0.988. The van der Waals surface area contributed by atoms with E-state index < -0.39 is 12.1 Å². The molecule has 1 atom stereocenters. The standard InChI is InChI=1S/C7H12O3/c1-2-10-6(7(8)9)5-3-4-5/h5-6H,2-4H2,1H3,(H,8,9)/t6-/m0/s1. The first-order chi connectivity index (χ1) is 4.75. The lowest BCUT2D eigenvalue weighted by molar-refractivity contribution is -0.151. The van der Waals surface area contributed by atoms with Gasteiger partial charge in [-0.05, 0) is 25.7 Å². The number of rotatable bonds is 4. The Morgan fingerprint density at radius 2 is 2.40 bits per heavy atom. The van der Waals surface area contributed by atoms with Gasteiger partial charge in [-0.3, -0.25) is 0 Å². The highest BCUT2D eigenvalue weighted by atomic mass is 16.5. The molecule has 3 heteroatoms. The zero-order valence-electron chi connectivity index (χ0n) is 6.04. The van der Waals surface area contributed by atoms with Crippen molar-refractivity contribution in [1.29, 1.82) is 0 Å². The lowest BCUT2D eigenvalue weighted by Crippen LogP contribution is -2.25. The molecule has 1 aliphatic carbocycles. The second kappa shape index (κ2) is 3.01. The minimum Gasteiger partial charge on any atom is -0.479 e. The molecular formula is C7H12O3. The SMILES string of the molecule is CCO[C@H](C(=O)O)C1CC1. The van der Waals surface area contributed by atoms with Gasteiger partial charge in [-0.1, -0.05) is 0 Å². The minimum atomic E-state index is -0.815. The van der Waals surface area contributed by atoms with E-state index in [-0.39, 0.29) is 5.92 Å². The van der Waals surface area contributed by atoms with Gasteiger partial charge in [-0.15, -0.1) is 0 Å². The number of ether oxygens (including phenoxy) is 1. The van der Waals surface area contributed by atoms with Gasteiger partial charge in [0, 0.05) is 6.61 Å². The quantitative estimate of drug-likeness (QED) is 0.637. The molecular weight excluding hydrogens is 132 g/mol. The topological polar surface area (TPSA) is 46.5 Å². The number of aliphatic carboxylic acids is 1. The predicted molar refractivity (Wildman–Crippen MR) is 35.8 cm³/mol. The Morgan fingerprint density at radius 1 is 1.80 bits per heavy atom. The molecule has 0 bridgehead atoms. The molecule has 1 fully saturated rings. The van der Waals surface area contributed by atoms with E-state index in [1.807, 2.05) is 6.92 Å². The van der Waals surface area contributed by atoms with Crippen molar-refractivity contribution in [1.82, 2.24) is 0 Å². The predicted octanol–water partition coefficient (Wildman–Crippen LogP) is 0.886. The van der Waals surface area contributed by atoms with Gasteiger partial charge in [0.2, 0.25) is 0 Å². The Morgan fingerprint density at radius 3 is 2.70 bits per heavy atom. The van der Waals surface area contributed by atoms with E-state index in [1.54, 1.807) is 0 Å². The van der Waals surface area contributed by atoms with Gasteiger partial charge in [0.15, 0.2) is 6.10 Å². The van der Waals surface area contributed by atoms with E-state index in [0.717, 1.165) is 12.8 Å². The number of carboxylic acids is 1. The number of hydrogen-bond donors (Lipinski definition) is 1.